The number of carbonyl (C=O) groups is 2. The van der Waals surface area contributed by atoms with Crippen LogP contribution < -0.4 is 5.32 Å². The average molecular weight is 296 g/mol. The molecule has 0 fully saturated rings. The van der Waals surface area contributed by atoms with Gasteiger partial charge in [0.2, 0.25) is 5.91 Å². The molecule has 0 saturated carbocycles. The lowest BCUT2D eigenvalue weighted by Gasteiger charge is -2.16. The van der Waals surface area contributed by atoms with Crippen LogP contribution in [0.5, 0.6) is 0 Å². The highest BCUT2D eigenvalue weighted by Crippen LogP contribution is 2.25. The molecule has 0 aliphatic carbocycles. The SMILES string of the molecule is CCC(C)NC(=O)Cn1nnc(C(=O)O)c1C(CC)CC. The Bertz CT molecular complexity index is 494. The summed E-state index contributed by atoms with van der Waals surface area (Å²) < 4.78 is 1.42. The highest BCUT2D eigenvalue weighted by molar-refractivity contribution is 5.87. The van der Waals surface area contributed by atoms with E-state index in [-0.39, 0.29) is 30.1 Å². The number of hydrogen-bond donors (Lipinski definition) is 2. The second-order valence-corrected chi connectivity index (χ2v) is 5.18. The molecule has 0 spiro atoms. The van der Waals surface area contributed by atoms with Crippen LogP contribution in [0, 0.1) is 0 Å². The molecule has 1 aromatic heterocycles. The van der Waals surface area contributed by atoms with E-state index < -0.39 is 5.97 Å². The van der Waals surface area contributed by atoms with Gasteiger partial charge in [-0.05, 0) is 26.2 Å². The zero-order valence-electron chi connectivity index (χ0n) is 13.1. The molecule has 118 valence electrons. The molecular formula is C14H24N4O3. The van der Waals surface area contributed by atoms with Gasteiger partial charge in [-0.25, -0.2) is 9.48 Å². The van der Waals surface area contributed by atoms with Crippen molar-refractivity contribution < 1.29 is 14.7 Å². The molecule has 1 rings (SSSR count). The number of carboxylic acid groups (broad SMARTS) is 1. The van der Waals surface area contributed by atoms with Crippen LogP contribution in [-0.4, -0.2) is 38.0 Å². The number of nitrogens with one attached hydrogen (secondary N) is 1. The quantitative estimate of drug-likeness (QED) is 0.762. The summed E-state index contributed by atoms with van der Waals surface area (Å²) in [7, 11) is 0. The van der Waals surface area contributed by atoms with E-state index in [9.17, 15) is 14.7 Å². The summed E-state index contributed by atoms with van der Waals surface area (Å²) >= 11 is 0. The van der Waals surface area contributed by atoms with E-state index in [4.69, 9.17) is 0 Å². The van der Waals surface area contributed by atoms with Crippen molar-refractivity contribution in [1.29, 1.82) is 0 Å². The Kier molecular flexibility index (Phi) is 6.33. The molecule has 21 heavy (non-hydrogen) atoms. The summed E-state index contributed by atoms with van der Waals surface area (Å²) in [6.07, 6.45) is 2.39. The number of rotatable bonds is 8. The van der Waals surface area contributed by atoms with E-state index in [0.29, 0.717) is 5.69 Å². The molecule has 1 amide bonds. The number of carboxylic acids is 1. The molecule has 1 aromatic rings. The summed E-state index contributed by atoms with van der Waals surface area (Å²) in [6.45, 7) is 7.87. The average Bonchev–Trinajstić information content (AvgIpc) is 2.84. The smallest absolute Gasteiger partial charge is 0.358 e. The van der Waals surface area contributed by atoms with Crippen LogP contribution in [0.1, 0.15) is 69.1 Å². The van der Waals surface area contributed by atoms with E-state index in [2.05, 4.69) is 15.6 Å². The second kappa shape index (κ2) is 7.75. The Morgan fingerprint density at radius 2 is 1.86 bits per heavy atom. The van der Waals surface area contributed by atoms with Gasteiger partial charge >= 0.3 is 5.97 Å². The zero-order chi connectivity index (χ0) is 16.0. The molecule has 0 aliphatic rings. The minimum absolute atomic E-state index is 0.00352. The van der Waals surface area contributed by atoms with Crippen molar-refractivity contribution >= 4 is 11.9 Å². The van der Waals surface area contributed by atoms with Crippen molar-refractivity contribution in [1.82, 2.24) is 20.3 Å². The maximum absolute atomic E-state index is 12.0. The molecule has 1 unspecified atom stereocenters. The van der Waals surface area contributed by atoms with Crippen LogP contribution in [0.25, 0.3) is 0 Å². The molecular weight excluding hydrogens is 272 g/mol. The summed E-state index contributed by atoms with van der Waals surface area (Å²) in [4.78, 5) is 23.2. The van der Waals surface area contributed by atoms with Gasteiger partial charge in [0.05, 0.1) is 5.69 Å². The van der Waals surface area contributed by atoms with Gasteiger partial charge in [-0.2, -0.15) is 0 Å². The maximum atomic E-state index is 12.0. The van der Waals surface area contributed by atoms with Crippen LogP contribution in [-0.2, 0) is 11.3 Å². The minimum atomic E-state index is -1.11. The molecule has 0 aromatic carbocycles. The van der Waals surface area contributed by atoms with Gasteiger partial charge in [-0.1, -0.05) is 26.0 Å². The van der Waals surface area contributed by atoms with E-state index in [1.165, 1.54) is 4.68 Å². The lowest BCUT2D eigenvalue weighted by Crippen LogP contribution is -2.35. The predicted octanol–water partition coefficient (Wildman–Crippen LogP) is 1.79. The fraction of sp³-hybridized carbons (Fsp3) is 0.714. The molecule has 0 bridgehead atoms. The Labute approximate surface area is 124 Å². The van der Waals surface area contributed by atoms with Crippen molar-refractivity contribution in [2.24, 2.45) is 0 Å². The number of aromatic carboxylic acids is 1. The van der Waals surface area contributed by atoms with E-state index in [1.807, 2.05) is 27.7 Å². The summed E-state index contributed by atoms with van der Waals surface area (Å²) in [5.41, 5.74) is 0.479. The van der Waals surface area contributed by atoms with Crippen molar-refractivity contribution in [3.05, 3.63) is 11.4 Å². The Balaban J connectivity index is 3.01. The Morgan fingerprint density at radius 3 is 2.33 bits per heavy atom. The molecule has 0 aliphatic heterocycles. The number of hydrogen-bond acceptors (Lipinski definition) is 4. The lowest BCUT2D eigenvalue weighted by molar-refractivity contribution is -0.122. The topological polar surface area (TPSA) is 97.1 Å². The van der Waals surface area contributed by atoms with Gasteiger partial charge in [0.1, 0.15) is 6.54 Å². The highest BCUT2D eigenvalue weighted by Gasteiger charge is 2.25. The van der Waals surface area contributed by atoms with E-state index in [1.54, 1.807) is 0 Å². The van der Waals surface area contributed by atoms with Crippen molar-refractivity contribution in [3.63, 3.8) is 0 Å². The van der Waals surface area contributed by atoms with Crippen LogP contribution >= 0.6 is 0 Å². The number of nitrogens with zero attached hydrogens (tertiary/aromatic N) is 3. The van der Waals surface area contributed by atoms with Gasteiger partial charge in [0, 0.05) is 12.0 Å². The Morgan fingerprint density at radius 1 is 1.24 bits per heavy atom. The van der Waals surface area contributed by atoms with E-state index in [0.717, 1.165) is 19.3 Å². The first-order valence-corrected chi connectivity index (χ1v) is 7.40. The number of amides is 1. The van der Waals surface area contributed by atoms with Gasteiger partial charge in [0.15, 0.2) is 5.69 Å². The van der Waals surface area contributed by atoms with Crippen LogP contribution in [0.15, 0.2) is 0 Å². The standard InChI is InChI=1S/C14H24N4O3/c1-5-9(4)15-11(19)8-18-13(10(6-2)7-3)12(14(20)21)16-17-18/h9-10H,5-8H2,1-4H3,(H,15,19)(H,20,21). The van der Waals surface area contributed by atoms with Gasteiger partial charge in [-0.3, -0.25) is 4.79 Å². The first-order chi connectivity index (χ1) is 9.94. The minimum Gasteiger partial charge on any atom is -0.476 e. The Hall–Kier alpha value is -1.92. The van der Waals surface area contributed by atoms with Crippen molar-refractivity contribution in [2.45, 2.75) is 65.5 Å². The first-order valence-electron chi connectivity index (χ1n) is 7.40. The zero-order valence-corrected chi connectivity index (χ0v) is 13.1. The fourth-order valence-corrected chi connectivity index (χ4v) is 2.23. The second-order valence-electron chi connectivity index (χ2n) is 5.18. The third kappa shape index (κ3) is 4.27. The summed E-state index contributed by atoms with van der Waals surface area (Å²) in [6, 6.07) is 0.0802. The monoisotopic (exact) mass is 296 g/mol. The third-order valence-corrected chi connectivity index (χ3v) is 3.66. The molecule has 7 heteroatoms. The summed E-state index contributed by atoms with van der Waals surface area (Å²) in [5.74, 6) is -1.26. The van der Waals surface area contributed by atoms with Crippen LogP contribution in [0.4, 0.5) is 0 Å². The van der Waals surface area contributed by atoms with Crippen LogP contribution in [0.2, 0.25) is 0 Å². The third-order valence-electron chi connectivity index (χ3n) is 3.66. The maximum Gasteiger partial charge on any atom is 0.358 e. The predicted molar refractivity (Wildman–Crippen MR) is 78.2 cm³/mol. The van der Waals surface area contributed by atoms with Gasteiger partial charge < -0.3 is 10.4 Å². The largest absolute Gasteiger partial charge is 0.476 e. The summed E-state index contributed by atoms with van der Waals surface area (Å²) in [5, 5.41) is 19.6. The normalized spacial score (nSPS) is 12.4. The van der Waals surface area contributed by atoms with Crippen LogP contribution in [0.3, 0.4) is 0 Å². The first kappa shape index (κ1) is 17.1. The fourth-order valence-electron chi connectivity index (χ4n) is 2.23. The lowest BCUT2D eigenvalue weighted by atomic mass is 9.97. The van der Waals surface area contributed by atoms with Crippen molar-refractivity contribution in [3.8, 4) is 0 Å². The molecule has 1 atom stereocenters. The highest BCUT2D eigenvalue weighted by atomic mass is 16.4. The molecule has 7 nitrogen and oxygen atoms in total. The molecule has 1 heterocycles. The van der Waals surface area contributed by atoms with Gasteiger partial charge in [-0.15, -0.1) is 5.10 Å². The van der Waals surface area contributed by atoms with Gasteiger partial charge in [0.25, 0.3) is 0 Å². The molecule has 2 N–H and O–H groups in total. The molecule has 0 saturated heterocycles. The van der Waals surface area contributed by atoms with Crippen molar-refractivity contribution in [2.75, 3.05) is 0 Å². The number of carbonyl (C=O) groups excluding carboxylic acids is 1. The molecule has 0 radical (unpaired) electrons. The van der Waals surface area contributed by atoms with E-state index >= 15 is 0 Å². The number of aromatic nitrogens is 3.